The van der Waals surface area contributed by atoms with Crippen molar-refractivity contribution in [3.63, 3.8) is 0 Å². The third-order valence-corrected chi connectivity index (χ3v) is 11.4. The smallest absolute Gasteiger partial charge is 0.408 e. The normalized spacial score (nSPS) is 13.5. The molecule has 1 N–H and O–H groups in total. The fourth-order valence-electron chi connectivity index (χ4n) is 4.85. The van der Waals surface area contributed by atoms with Crippen molar-refractivity contribution in [2.45, 2.75) is 92.0 Å². The van der Waals surface area contributed by atoms with Gasteiger partial charge >= 0.3 is 12.1 Å². The number of rotatable bonds is 10. The SMILES string of the molecule is CC(C)C(OC(=O)[C@H](CO[Si](c1ccccc1)(c1ccccc1)C(C)(C)C)NC(=O)OC(C)(C)C)C(C)C. The first kappa shape index (κ1) is 31.6. The Morgan fingerprint density at radius 3 is 1.61 bits per heavy atom. The Bertz CT molecular complexity index is 978. The van der Waals surface area contributed by atoms with Crippen molar-refractivity contribution in [3.8, 4) is 0 Å². The van der Waals surface area contributed by atoms with E-state index < -0.39 is 32.0 Å². The number of esters is 1. The lowest BCUT2D eigenvalue weighted by molar-refractivity contribution is -0.157. The Morgan fingerprint density at radius 2 is 1.24 bits per heavy atom. The first-order valence-electron chi connectivity index (χ1n) is 13.5. The van der Waals surface area contributed by atoms with Crippen molar-refractivity contribution in [3.05, 3.63) is 60.7 Å². The predicted molar refractivity (Wildman–Crippen MR) is 156 cm³/mol. The summed E-state index contributed by atoms with van der Waals surface area (Å²) < 4.78 is 18.4. The van der Waals surface area contributed by atoms with Gasteiger partial charge in [-0.1, -0.05) is 109 Å². The zero-order valence-corrected chi connectivity index (χ0v) is 25.8. The van der Waals surface area contributed by atoms with Crippen LogP contribution < -0.4 is 15.7 Å². The molecule has 7 heteroatoms. The standard InChI is InChI=1S/C31H47NO5Si/c1-22(2)27(23(3)4)36-28(33)26(32-29(34)37-30(5,6)7)21-35-38(31(8,9)10,24-17-13-11-14-18-24)25-19-15-12-16-20-25/h11-20,22-23,26-27H,21H2,1-10H3,(H,32,34)/t26-/m0/s1. The summed E-state index contributed by atoms with van der Waals surface area (Å²) in [6.07, 6.45) is -0.977. The second-order valence-corrected chi connectivity index (χ2v) is 16.9. The molecule has 1 amide bonds. The highest BCUT2D eigenvalue weighted by atomic mass is 28.4. The van der Waals surface area contributed by atoms with Crippen LogP contribution in [0.1, 0.15) is 69.2 Å². The summed E-state index contributed by atoms with van der Waals surface area (Å²) in [6.45, 7) is 19.9. The highest BCUT2D eigenvalue weighted by molar-refractivity contribution is 6.99. The monoisotopic (exact) mass is 541 g/mol. The lowest BCUT2D eigenvalue weighted by atomic mass is 9.96. The highest BCUT2D eigenvalue weighted by Crippen LogP contribution is 2.37. The summed E-state index contributed by atoms with van der Waals surface area (Å²) in [5.41, 5.74) is -0.713. The Balaban J connectivity index is 2.52. The van der Waals surface area contributed by atoms with Crippen LogP contribution in [0.25, 0.3) is 0 Å². The summed E-state index contributed by atoms with van der Waals surface area (Å²) >= 11 is 0. The van der Waals surface area contributed by atoms with Gasteiger partial charge in [0.1, 0.15) is 11.7 Å². The van der Waals surface area contributed by atoms with E-state index in [4.69, 9.17) is 13.9 Å². The number of ether oxygens (including phenoxy) is 2. The van der Waals surface area contributed by atoms with Crippen molar-refractivity contribution in [2.24, 2.45) is 11.8 Å². The lowest BCUT2D eigenvalue weighted by Gasteiger charge is -2.43. The third kappa shape index (κ3) is 8.18. The number of carbonyl (C=O) groups excluding carboxylic acids is 2. The molecule has 210 valence electrons. The number of amides is 1. The molecule has 0 aromatic heterocycles. The van der Waals surface area contributed by atoms with Crippen LogP contribution in [0.3, 0.4) is 0 Å². The fourth-order valence-corrected chi connectivity index (χ4v) is 9.42. The van der Waals surface area contributed by atoms with E-state index in [1.54, 1.807) is 20.8 Å². The predicted octanol–water partition coefficient (Wildman–Crippen LogP) is 5.68. The zero-order valence-electron chi connectivity index (χ0n) is 24.8. The van der Waals surface area contributed by atoms with Gasteiger partial charge in [0.05, 0.1) is 6.61 Å². The molecule has 0 radical (unpaired) electrons. The van der Waals surface area contributed by atoms with Gasteiger partial charge < -0.3 is 19.2 Å². The number of alkyl carbamates (subject to hydrolysis) is 1. The molecule has 2 aromatic carbocycles. The molecule has 0 bridgehead atoms. The molecule has 0 aliphatic rings. The van der Waals surface area contributed by atoms with Crippen LogP contribution in [0.5, 0.6) is 0 Å². The molecule has 0 saturated carbocycles. The number of carbonyl (C=O) groups is 2. The van der Waals surface area contributed by atoms with Crippen molar-refractivity contribution >= 4 is 30.8 Å². The minimum absolute atomic E-state index is 0.0474. The molecule has 38 heavy (non-hydrogen) atoms. The average Bonchev–Trinajstić information content (AvgIpc) is 2.81. The quantitative estimate of drug-likeness (QED) is 0.309. The summed E-state index contributed by atoms with van der Waals surface area (Å²) in [5.74, 6) is -0.279. The maximum atomic E-state index is 13.5. The maximum Gasteiger partial charge on any atom is 0.408 e. The molecule has 6 nitrogen and oxygen atoms in total. The van der Waals surface area contributed by atoms with Crippen LogP contribution >= 0.6 is 0 Å². The summed E-state index contributed by atoms with van der Waals surface area (Å²) in [6, 6.07) is 19.3. The summed E-state index contributed by atoms with van der Waals surface area (Å²) in [7, 11) is -2.94. The van der Waals surface area contributed by atoms with Gasteiger partial charge in [0.15, 0.2) is 6.04 Å². The molecule has 0 saturated heterocycles. The first-order chi connectivity index (χ1) is 17.6. The van der Waals surface area contributed by atoms with E-state index in [0.717, 1.165) is 10.4 Å². The molecule has 0 aliphatic heterocycles. The molecule has 0 aliphatic carbocycles. The number of hydrogen-bond donors (Lipinski definition) is 1. The number of nitrogens with one attached hydrogen (secondary N) is 1. The van der Waals surface area contributed by atoms with Crippen molar-refractivity contribution in [1.29, 1.82) is 0 Å². The molecule has 0 unspecified atom stereocenters. The van der Waals surface area contributed by atoms with Crippen LogP contribution in [-0.2, 0) is 18.7 Å². The Kier molecular flexibility index (Phi) is 10.8. The molecule has 0 fully saturated rings. The first-order valence-corrected chi connectivity index (χ1v) is 15.4. The van der Waals surface area contributed by atoms with E-state index in [1.807, 2.05) is 64.1 Å². The van der Waals surface area contributed by atoms with Crippen LogP contribution in [0, 0.1) is 11.8 Å². The van der Waals surface area contributed by atoms with Gasteiger partial charge in [0.25, 0.3) is 8.32 Å². The van der Waals surface area contributed by atoms with E-state index in [9.17, 15) is 9.59 Å². The number of benzene rings is 2. The van der Waals surface area contributed by atoms with Crippen LogP contribution in [-0.4, -0.2) is 44.7 Å². The summed E-state index contributed by atoms with van der Waals surface area (Å²) in [4.78, 5) is 26.3. The van der Waals surface area contributed by atoms with Gasteiger partial charge in [-0.25, -0.2) is 9.59 Å². The molecular weight excluding hydrogens is 494 g/mol. The second kappa shape index (κ2) is 12.9. The van der Waals surface area contributed by atoms with Crippen molar-refractivity contribution in [1.82, 2.24) is 5.32 Å². The van der Waals surface area contributed by atoms with E-state index in [-0.39, 0.29) is 29.6 Å². The largest absolute Gasteiger partial charge is 0.460 e. The second-order valence-electron chi connectivity index (χ2n) is 12.6. The van der Waals surface area contributed by atoms with Crippen LogP contribution in [0.4, 0.5) is 4.79 Å². The van der Waals surface area contributed by atoms with Gasteiger partial charge in [-0.05, 0) is 48.0 Å². The molecule has 2 aromatic rings. The molecule has 2 rings (SSSR count). The zero-order chi connectivity index (χ0) is 28.7. The summed E-state index contributed by atoms with van der Waals surface area (Å²) in [5, 5.41) is 4.64. The van der Waals surface area contributed by atoms with E-state index in [1.165, 1.54) is 0 Å². The Morgan fingerprint density at radius 1 is 0.789 bits per heavy atom. The average molecular weight is 542 g/mol. The minimum Gasteiger partial charge on any atom is -0.460 e. The minimum atomic E-state index is -2.94. The van der Waals surface area contributed by atoms with Crippen molar-refractivity contribution in [2.75, 3.05) is 6.61 Å². The molecular formula is C31H47NO5Si. The van der Waals surface area contributed by atoms with Crippen LogP contribution in [0.15, 0.2) is 60.7 Å². The highest BCUT2D eigenvalue weighted by Gasteiger charge is 2.51. The topological polar surface area (TPSA) is 73.9 Å². The van der Waals surface area contributed by atoms with Gasteiger partial charge in [0, 0.05) is 0 Å². The fraction of sp³-hybridized carbons (Fsp3) is 0.548. The van der Waals surface area contributed by atoms with E-state index >= 15 is 0 Å². The van der Waals surface area contributed by atoms with Crippen LogP contribution in [0.2, 0.25) is 5.04 Å². The van der Waals surface area contributed by atoms with Gasteiger partial charge in [-0.3, -0.25) is 0 Å². The third-order valence-electron chi connectivity index (χ3n) is 6.43. The number of hydrogen-bond acceptors (Lipinski definition) is 5. The van der Waals surface area contributed by atoms with Gasteiger partial charge in [0.2, 0.25) is 0 Å². The Hall–Kier alpha value is -2.64. The molecule has 0 spiro atoms. The lowest BCUT2D eigenvalue weighted by Crippen LogP contribution is -2.67. The molecule has 0 heterocycles. The van der Waals surface area contributed by atoms with Gasteiger partial charge in [-0.15, -0.1) is 0 Å². The van der Waals surface area contributed by atoms with Gasteiger partial charge in [-0.2, -0.15) is 0 Å². The Labute approximate surface area is 230 Å². The molecule has 1 atom stereocenters. The van der Waals surface area contributed by atoms with E-state index in [2.05, 4.69) is 50.4 Å². The van der Waals surface area contributed by atoms with Crippen molar-refractivity contribution < 1.29 is 23.5 Å². The maximum absolute atomic E-state index is 13.5. The van der Waals surface area contributed by atoms with E-state index in [0.29, 0.717) is 0 Å².